The van der Waals surface area contributed by atoms with Gasteiger partial charge in [-0.3, -0.25) is 9.59 Å². The molecule has 0 saturated carbocycles. The molecule has 7 nitrogen and oxygen atoms in total. The zero-order chi connectivity index (χ0) is 19.6. The average molecular weight is 390 g/mol. The normalized spacial score (nSPS) is 10.5. The van der Waals surface area contributed by atoms with Crippen LogP contribution in [0.25, 0.3) is 0 Å². The Hall–Kier alpha value is -3.06. The first kappa shape index (κ1) is 20.3. The quantitative estimate of drug-likeness (QED) is 0.536. The van der Waals surface area contributed by atoms with Crippen LogP contribution >= 0.6 is 11.6 Å². The number of carbonyl (C=O) groups excluding carboxylic acids is 2. The Morgan fingerprint density at radius 3 is 2.48 bits per heavy atom. The van der Waals surface area contributed by atoms with Crippen molar-refractivity contribution in [3.63, 3.8) is 0 Å². The standard InChI is InChI=1S/C19H20ClN3O4/c1-26-16-7-6-13(10-17(16)27-2)12-21-23-19(25)9-8-18(24)22-15-5-3-4-14(20)11-15/h3-7,10-12H,8-9H2,1-2H3,(H,22,24)(H,23,25). The van der Waals surface area contributed by atoms with E-state index in [0.717, 1.165) is 5.56 Å². The van der Waals surface area contributed by atoms with Crippen molar-refractivity contribution in [3.8, 4) is 11.5 Å². The summed E-state index contributed by atoms with van der Waals surface area (Å²) < 4.78 is 10.4. The Kier molecular flexibility index (Phi) is 7.63. The maximum atomic E-state index is 11.9. The highest BCUT2D eigenvalue weighted by atomic mass is 35.5. The summed E-state index contributed by atoms with van der Waals surface area (Å²) in [4.78, 5) is 23.7. The van der Waals surface area contributed by atoms with E-state index in [1.807, 2.05) is 0 Å². The highest BCUT2D eigenvalue weighted by Gasteiger charge is 2.07. The van der Waals surface area contributed by atoms with Crippen LogP contribution in [0, 0.1) is 0 Å². The van der Waals surface area contributed by atoms with Crippen LogP contribution in [0.15, 0.2) is 47.6 Å². The van der Waals surface area contributed by atoms with Crippen LogP contribution in [0.4, 0.5) is 5.69 Å². The van der Waals surface area contributed by atoms with Gasteiger partial charge in [0.1, 0.15) is 0 Å². The third-order valence-electron chi connectivity index (χ3n) is 3.50. The van der Waals surface area contributed by atoms with Crippen LogP contribution < -0.4 is 20.2 Å². The van der Waals surface area contributed by atoms with Crippen molar-refractivity contribution in [2.24, 2.45) is 5.10 Å². The lowest BCUT2D eigenvalue weighted by atomic mass is 10.2. The summed E-state index contributed by atoms with van der Waals surface area (Å²) in [7, 11) is 3.09. The molecular formula is C19H20ClN3O4. The number of benzene rings is 2. The molecule has 0 atom stereocenters. The van der Waals surface area contributed by atoms with Crippen LogP contribution in [0.3, 0.4) is 0 Å². The minimum atomic E-state index is -0.368. The van der Waals surface area contributed by atoms with Crippen LogP contribution in [0.1, 0.15) is 18.4 Å². The van der Waals surface area contributed by atoms with Crippen molar-refractivity contribution in [1.29, 1.82) is 0 Å². The summed E-state index contributed by atoms with van der Waals surface area (Å²) in [5.74, 6) is 0.513. The average Bonchev–Trinajstić information content (AvgIpc) is 2.66. The van der Waals surface area contributed by atoms with E-state index in [9.17, 15) is 9.59 Å². The fourth-order valence-corrected chi connectivity index (χ4v) is 2.37. The third-order valence-corrected chi connectivity index (χ3v) is 3.73. The Bertz CT molecular complexity index is 839. The number of halogens is 1. The molecule has 0 radical (unpaired) electrons. The van der Waals surface area contributed by atoms with Crippen LogP contribution in [-0.4, -0.2) is 32.2 Å². The van der Waals surface area contributed by atoms with Gasteiger partial charge in [0.25, 0.3) is 0 Å². The van der Waals surface area contributed by atoms with Gasteiger partial charge in [-0.1, -0.05) is 17.7 Å². The predicted molar refractivity (Wildman–Crippen MR) is 105 cm³/mol. The second-order valence-corrected chi connectivity index (χ2v) is 5.90. The summed E-state index contributed by atoms with van der Waals surface area (Å²) >= 11 is 5.85. The van der Waals surface area contributed by atoms with Crippen molar-refractivity contribution in [3.05, 3.63) is 53.1 Å². The maximum absolute atomic E-state index is 11.9. The van der Waals surface area contributed by atoms with E-state index in [4.69, 9.17) is 21.1 Å². The monoisotopic (exact) mass is 389 g/mol. The van der Waals surface area contributed by atoms with Gasteiger partial charge in [0.15, 0.2) is 11.5 Å². The van der Waals surface area contributed by atoms with Gasteiger partial charge in [0, 0.05) is 23.6 Å². The molecule has 27 heavy (non-hydrogen) atoms. The molecule has 0 aliphatic heterocycles. The molecule has 0 spiro atoms. The number of nitrogens with zero attached hydrogens (tertiary/aromatic N) is 1. The van der Waals surface area contributed by atoms with Gasteiger partial charge in [-0.15, -0.1) is 0 Å². The van der Waals surface area contributed by atoms with Gasteiger partial charge >= 0.3 is 0 Å². The molecule has 0 heterocycles. The zero-order valence-corrected chi connectivity index (χ0v) is 15.7. The fraction of sp³-hybridized carbons (Fsp3) is 0.211. The summed E-state index contributed by atoms with van der Waals surface area (Å²) in [5, 5.41) is 7.08. The lowest BCUT2D eigenvalue weighted by Gasteiger charge is -2.07. The number of hydrogen-bond donors (Lipinski definition) is 2. The van der Waals surface area contributed by atoms with E-state index in [1.54, 1.807) is 49.6 Å². The maximum Gasteiger partial charge on any atom is 0.240 e. The number of nitrogens with one attached hydrogen (secondary N) is 2. The summed E-state index contributed by atoms with van der Waals surface area (Å²) in [5.41, 5.74) is 3.69. The van der Waals surface area contributed by atoms with Gasteiger partial charge in [-0.05, 0) is 42.0 Å². The molecular weight excluding hydrogens is 370 g/mol. The molecule has 0 aliphatic carbocycles. The first-order chi connectivity index (χ1) is 13.0. The molecule has 2 N–H and O–H groups in total. The van der Waals surface area contributed by atoms with Crippen LogP contribution in [-0.2, 0) is 9.59 Å². The SMILES string of the molecule is COc1ccc(C=NNC(=O)CCC(=O)Nc2cccc(Cl)c2)cc1OC. The summed E-state index contributed by atoms with van der Waals surface area (Å²) in [6, 6.07) is 12.0. The second kappa shape index (κ2) is 10.2. The topological polar surface area (TPSA) is 89.0 Å². The smallest absolute Gasteiger partial charge is 0.240 e. The first-order valence-corrected chi connectivity index (χ1v) is 8.49. The number of hydrogen-bond acceptors (Lipinski definition) is 5. The second-order valence-electron chi connectivity index (χ2n) is 5.47. The number of anilines is 1. The van der Waals surface area contributed by atoms with Gasteiger partial charge in [-0.2, -0.15) is 5.10 Å². The van der Waals surface area contributed by atoms with Crippen LogP contribution in [0.5, 0.6) is 11.5 Å². The number of hydrazone groups is 1. The number of rotatable bonds is 8. The molecule has 0 fully saturated rings. The van der Waals surface area contributed by atoms with Crippen molar-refractivity contribution < 1.29 is 19.1 Å². The van der Waals surface area contributed by atoms with E-state index in [1.165, 1.54) is 13.3 Å². The van der Waals surface area contributed by atoms with E-state index in [-0.39, 0.29) is 24.7 Å². The van der Waals surface area contributed by atoms with Crippen molar-refractivity contribution >= 4 is 35.3 Å². The summed E-state index contributed by atoms with van der Waals surface area (Å²) in [6.07, 6.45) is 1.52. The Morgan fingerprint density at radius 1 is 1.04 bits per heavy atom. The van der Waals surface area contributed by atoms with Gasteiger partial charge in [0.2, 0.25) is 11.8 Å². The Balaban J connectivity index is 1.78. The lowest BCUT2D eigenvalue weighted by Crippen LogP contribution is -2.20. The molecule has 2 amide bonds. The van der Waals surface area contributed by atoms with E-state index < -0.39 is 0 Å². The Labute approximate surface area is 162 Å². The molecule has 0 unspecified atom stereocenters. The van der Waals surface area contributed by atoms with Crippen molar-refractivity contribution in [1.82, 2.24) is 5.43 Å². The molecule has 2 aromatic rings. The van der Waals surface area contributed by atoms with Crippen molar-refractivity contribution in [2.75, 3.05) is 19.5 Å². The number of amides is 2. The fourth-order valence-electron chi connectivity index (χ4n) is 2.18. The van der Waals surface area contributed by atoms with Gasteiger partial charge in [0.05, 0.1) is 20.4 Å². The molecule has 2 aromatic carbocycles. The molecule has 0 aliphatic rings. The summed E-state index contributed by atoms with van der Waals surface area (Å²) in [6.45, 7) is 0. The molecule has 0 saturated heterocycles. The minimum Gasteiger partial charge on any atom is -0.493 e. The number of carbonyl (C=O) groups is 2. The minimum absolute atomic E-state index is 0.00960. The van der Waals surface area contributed by atoms with E-state index in [2.05, 4.69) is 15.8 Å². The lowest BCUT2D eigenvalue weighted by molar-refractivity contribution is -0.124. The molecule has 142 valence electrons. The third kappa shape index (κ3) is 6.63. The zero-order valence-electron chi connectivity index (χ0n) is 15.0. The number of ether oxygens (including phenoxy) is 2. The van der Waals surface area contributed by atoms with Gasteiger partial charge in [-0.25, -0.2) is 5.43 Å². The first-order valence-electron chi connectivity index (χ1n) is 8.11. The van der Waals surface area contributed by atoms with Crippen molar-refractivity contribution in [2.45, 2.75) is 12.8 Å². The Morgan fingerprint density at radius 2 is 1.78 bits per heavy atom. The van der Waals surface area contributed by atoms with Gasteiger partial charge < -0.3 is 14.8 Å². The highest BCUT2D eigenvalue weighted by molar-refractivity contribution is 6.30. The highest BCUT2D eigenvalue weighted by Crippen LogP contribution is 2.26. The largest absolute Gasteiger partial charge is 0.493 e. The molecule has 8 heteroatoms. The molecule has 0 aromatic heterocycles. The number of methoxy groups -OCH3 is 2. The molecule has 2 rings (SSSR count). The van der Waals surface area contributed by atoms with E-state index >= 15 is 0 Å². The van der Waals surface area contributed by atoms with E-state index in [0.29, 0.717) is 22.2 Å². The predicted octanol–water partition coefficient (Wildman–Crippen LogP) is 3.23. The van der Waals surface area contributed by atoms with Crippen LogP contribution in [0.2, 0.25) is 5.02 Å². The molecule has 0 bridgehead atoms.